The predicted molar refractivity (Wildman–Crippen MR) is 60.9 cm³/mol. The van der Waals surface area contributed by atoms with Gasteiger partial charge in [-0.05, 0) is 12.8 Å². The lowest BCUT2D eigenvalue weighted by Gasteiger charge is -2.34. The topological polar surface area (TPSA) is 55.8 Å². The summed E-state index contributed by atoms with van der Waals surface area (Å²) < 4.78 is 10.5. The lowest BCUT2D eigenvalue weighted by molar-refractivity contribution is -0.150. The largest absolute Gasteiger partial charge is 0.458 e. The average Bonchev–Trinajstić information content (AvgIpc) is 2.91. The summed E-state index contributed by atoms with van der Waals surface area (Å²) in [7, 11) is 0. The molecule has 6 heteroatoms. The van der Waals surface area contributed by atoms with Gasteiger partial charge in [0, 0.05) is 12.0 Å². The Kier molecular flexibility index (Phi) is 2.84. The Hall–Kier alpha value is -1.01. The first kappa shape index (κ1) is 11.1. The minimum atomic E-state index is -0.413. The molecule has 0 unspecified atom stereocenters. The third kappa shape index (κ3) is 1.95. The monoisotopic (exact) mass is 255 g/mol. The fourth-order valence-electron chi connectivity index (χ4n) is 2.15. The number of amides is 1. The molecule has 0 spiro atoms. The molecule has 0 bridgehead atoms. The van der Waals surface area contributed by atoms with Crippen LogP contribution in [0.1, 0.15) is 19.3 Å². The van der Waals surface area contributed by atoms with Crippen molar-refractivity contribution in [1.29, 1.82) is 0 Å². The molecular weight excluding hydrogens is 242 g/mol. The van der Waals surface area contributed by atoms with Crippen LogP contribution in [-0.2, 0) is 19.1 Å². The molecule has 5 nitrogen and oxygen atoms in total. The van der Waals surface area contributed by atoms with Gasteiger partial charge in [0.25, 0.3) is 0 Å². The van der Waals surface area contributed by atoms with E-state index in [1.54, 1.807) is 5.41 Å². The number of carbonyl (C=O) groups is 2. The van der Waals surface area contributed by atoms with Crippen LogP contribution in [0.25, 0.3) is 0 Å². The van der Waals surface area contributed by atoms with Crippen LogP contribution in [0.5, 0.6) is 0 Å². The van der Waals surface area contributed by atoms with Gasteiger partial charge < -0.3 is 9.47 Å². The number of fused-ring (bicyclic) bond motifs is 1. The van der Waals surface area contributed by atoms with Gasteiger partial charge in [0.1, 0.15) is 12.3 Å². The molecule has 2 atom stereocenters. The molecule has 0 saturated carbocycles. The van der Waals surface area contributed by atoms with Crippen molar-refractivity contribution >= 4 is 23.6 Å². The Morgan fingerprint density at radius 3 is 3.24 bits per heavy atom. The highest BCUT2D eigenvalue weighted by Gasteiger charge is 2.45. The summed E-state index contributed by atoms with van der Waals surface area (Å²) in [6.45, 7) is 1.03. The van der Waals surface area contributed by atoms with Crippen LogP contribution in [0.15, 0.2) is 11.1 Å². The van der Waals surface area contributed by atoms with Crippen molar-refractivity contribution in [3.8, 4) is 0 Å². The van der Waals surface area contributed by atoms with E-state index in [9.17, 15) is 9.59 Å². The lowest BCUT2D eigenvalue weighted by atomic mass is 10.2. The van der Waals surface area contributed by atoms with E-state index in [-0.39, 0.29) is 24.0 Å². The first-order valence-electron chi connectivity index (χ1n) is 5.72. The maximum absolute atomic E-state index is 11.8. The van der Waals surface area contributed by atoms with E-state index >= 15 is 0 Å². The molecule has 0 aromatic rings. The quantitative estimate of drug-likeness (QED) is 0.553. The molecule has 3 rings (SSSR count). The van der Waals surface area contributed by atoms with E-state index in [2.05, 4.69) is 0 Å². The molecule has 0 radical (unpaired) electrons. The zero-order valence-corrected chi connectivity index (χ0v) is 10.1. The minimum absolute atomic E-state index is 0.000293. The van der Waals surface area contributed by atoms with Crippen molar-refractivity contribution in [1.82, 2.24) is 4.90 Å². The first-order valence-corrected chi connectivity index (χ1v) is 6.66. The summed E-state index contributed by atoms with van der Waals surface area (Å²) in [6, 6.07) is 0. The van der Waals surface area contributed by atoms with Gasteiger partial charge in [-0.2, -0.15) is 0 Å². The Labute approximate surface area is 103 Å². The number of hydrogen-bond donors (Lipinski definition) is 0. The minimum Gasteiger partial charge on any atom is -0.458 e. The molecule has 3 heterocycles. The summed E-state index contributed by atoms with van der Waals surface area (Å²) in [5.41, 5.74) is 0.384. The van der Waals surface area contributed by atoms with Gasteiger partial charge in [-0.3, -0.25) is 9.69 Å². The molecule has 3 aliphatic rings. The third-order valence-electron chi connectivity index (χ3n) is 3.14. The molecule has 0 aliphatic carbocycles. The van der Waals surface area contributed by atoms with Crippen molar-refractivity contribution in [2.75, 3.05) is 13.2 Å². The van der Waals surface area contributed by atoms with Crippen molar-refractivity contribution < 1.29 is 19.1 Å². The smallest absolute Gasteiger partial charge is 0.355 e. The molecule has 0 aromatic carbocycles. The van der Waals surface area contributed by atoms with Gasteiger partial charge in [0.05, 0.1) is 17.9 Å². The lowest BCUT2D eigenvalue weighted by Crippen LogP contribution is -2.48. The number of β-lactam (4-membered cyclic amide) rings is 1. The Balaban J connectivity index is 1.54. The molecule has 17 heavy (non-hydrogen) atoms. The number of nitrogens with zero attached hydrogens (tertiary/aromatic N) is 1. The maximum Gasteiger partial charge on any atom is 0.355 e. The van der Waals surface area contributed by atoms with E-state index < -0.39 is 5.97 Å². The van der Waals surface area contributed by atoms with Gasteiger partial charge in [0.15, 0.2) is 0 Å². The molecule has 3 aliphatic heterocycles. The number of rotatable bonds is 3. The van der Waals surface area contributed by atoms with Gasteiger partial charge >= 0.3 is 5.97 Å². The standard InChI is InChI=1S/C11H13NO4S/c13-9-4-10-12(9)8(6-17-10)11(14)16-5-7-2-1-3-15-7/h6-7,10H,1-5H2/t7-,10-/m1/s1. The van der Waals surface area contributed by atoms with Crippen LogP contribution in [0.2, 0.25) is 0 Å². The van der Waals surface area contributed by atoms with E-state index in [4.69, 9.17) is 9.47 Å². The van der Waals surface area contributed by atoms with E-state index in [1.165, 1.54) is 16.7 Å². The number of esters is 1. The number of ether oxygens (including phenoxy) is 2. The van der Waals surface area contributed by atoms with Crippen LogP contribution in [0.3, 0.4) is 0 Å². The van der Waals surface area contributed by atoms with E-state index in [1.807, 2.05) is 0 Å². The maximum atomic E-state index is 11.8. The van der Waals surface area contributed by atoms with Crippen LogP contribution in [0.4, 0.5) is 0 Å². The zero-order chi connectivity index (χ0) is 11.8. The molecule has 2 saturated heterocycles. The number of hydrogen-bond acceptors (Lipinski definition) is 5. The average molecular weight is 255 g/mol. The Morgan fingerprint density at radius 1 is 1.65 bits per heavy atom. The molecule has 0 aromatic heterocycles. The Bertz CT molecular complexity index is 389. The highest BCUT2D eigenvalue weighted by Crippen LogP contribution is 2.40. The fourth-order valence-corrected chi connectivity index (χ4v) is 3.24. The highest BCUT2D eigenvalue weighted by atomic mass is 32.2. The molecular formula is C11H13NO4S. The molecule has 1 amide bonds. The van der Waals surface area contributed by atoms with Crippen LogP contribution < -0.4 is 0 Å². The van der Waals surface area contributed by atoms with Crippen molar-refractivity contribution in [2.45, 2.75) is 30.7 Å². The summed E-state index contributed by atoms with van der Waals surface area (Å²) >= 11 is 1.50. The molecule has 0 N–H and O–H groups in total. The second kappa shape index (κ2) is 4.34. The second-order valence-corrected chi connectivity index (χ2v) is 5.35. The predicted octanol–water partition coefficient (Wildman–Crippen LogP) is 0.855. The third-order valence-corrected chi connectivity index (χ3v) is 4.19. The summed E-state index contributed by atoms with van der Waals surface area (Å²) in [6.07, 6.45) is 2.50. The molecule has 2 fully saturated rings. The summed E-state index contributed by atoms with van der Waals surface area (Å²) in [4.78, 5) is 24.6. The molecule has 92 valence electrons. The Morgan fingerprint density at radius 2 is 2.53 bits per heavy atom. The van der Waals surface area contributed by atoms with Gasteiger partial charge in [-0.25, -0.2) is 4.79 Å². The van der Waals surface area contributed by atoms with E-state index in [0.29, 0.717) is 12.1 Å². The fraction of sp³-hybridized carbons (Fsp3) is 0.636. The highest BCUT2D eigenvalue weighted by molar-refractivity contribution is 8.03. The van der Waals surface area contributed by atoms with Gasteiger partial charge in [-0.15, -0.1) is 11.8 Å². The van der Waals surface area contributed by atoms with Crippen molar-refractivity contribution in [3.63, 3.8) is 0 Å². The van der Waals surface area contributed by atoms with Crippen LogP contribution >= 0.6 is 11.8 Å². The normalized spacial score (nSPS) is 30.9. The van der Waals surface area contributed by atoms with Crippen molar-refractivity contribution in [3.05, 3.63) is 11.1 Å². The summed E-state index contributed by atoms with van der Waals surface area (Å²) in [5, 5.41) is 1.83. The van der Waals surface area contributed by atoms with Crippen LogP contribution in [0, 0.1) is 0 Å². The van der Waals surface area contributed by atoms with E-state index in [0.717, 1.165) is 19.4 Å². The van der Waals surface area contributed by atoms with Gasteiger partial charge in [0.2, 0.25) is 5.91 Å². The zero-order valence-electron chi connectivity index (χ0n) is 9.26. The summed E-state index contributed by atoms with van der Waals surface area (Å²) in [5.74, 6) is -0.413. The number of carbonyl (C=O) groups excluding carboxylic acids is 2. The number of thioether (sulfide) groups is 1. The van der Waals surface area contributed by atoms with Gasteiger partial charge in [-0.1, -0.05) is 0 Å². The first-order chi connectivity index (χ1) is 8.25. The van der Waals surface area contributed by atoms with Crippen molar-refractivity contribution in [2.24, 2.45) is 0 Å². The SMILES string of the molecule is O=C(OC[C@H]1CCCO1)C1=CS[C@@H]2CC(=O)N12. The van der Waals surface area contributed by atoms with Crippen LogP contribution in [-0.4, -0.2) is 41.5 Å². The second-order valence-electron chi connectivity index (χ2n) is 4.30.